The van der Waals surface area contributed by atoms with Crippen molar-refractivity contribution in [1.29, 1.82) is 0 Å². The molecule has 5 heteroatoms. The van der Waals surface area contributed by atoms with E-state index in [4.69, 9.17) is 4.74 Å². The van der Waals surface area contributed by atoms with Crippen LogP contribution < -0.4 is 4.74 Å². The number of carbonyl (C=O) groups is 2. The number of hydrogen-bond acceptors (Lipinski definition) is 3. The summed E-state index contributed by atoms with van der Waals surface area (Å²) < 4.78 is 19.2. The molecule has 0 spiro atoms. The zero-order valence-electron chi connectivity index (χ0n) is 16.6. The molecule has 1 fully saturated rings. The standard InChI is InChI=1S/C23H26FNO3/c1-23(2,3)28-20-11-9-16(10-12-20)21(26)18-7-5-13-25(15-18)22(27)17-6-4-8-19(24)14-17/h4,6,8-12,14,18H,5,7,13,15H2,1-3H3. The smallest absolute Gasteiger partial charge is 0.253 e. The molecule has 1 unspecified atom stereocenters. The van der Waals surface area contributed by atoms with Gasteiger partial charge in [0.1, 0.15) is 17.2 Å². The van der Waals surface area contributed by atoms with Crippen molar-refractivity contribution in [1.82, 2.24) is 4.90 Å². The fourth-order valence-corrected chi connectivity index (χ4v) is 3.46. The van der Waals surface area contributed by atoms with Crippen molar-refractivity contribution in [2.75, 3.05) is 13.1 Å². The van der Waals surface area contributed by atoms with Crippen molar-refractivity contribution >= 4 is 11.7 Å². The summed E-state index contributed by atoms with van der Waals surface area (Å²) in [6, 6.07) is 12.8. The Morgan fingerprint density at radius 1 is 1.07 bits per heavy atom. The Kier molecular flexibility index (Phi) is 5.82. The number of nitrogens with zero attached hydrogens (tertiary/aromatic N) is 1. The molecule has 2 aromatic carbocycles. The minimum absolute atomic E-state index is 0.0269. The van der Waals surface area contributed by atoms with Gasteiger partial charge in [-0.25, -0.2) is 4.39 Å². The van der Waals surface area contributed by atoms with E-state index in [-0.39, 0.29) is 23.2 Å². The van der Waals surface area contributed by atoms with E-state index >= 15 is 0 Å². The van der Waals surface area contributed by atoms with Gasteiger partial charge in [-0.3, -0.25) is 9.59 Å². The van der Waals surface area contributed by atoms with Crippen molar-refractivity contribution in [3.05, 3.63) is 65.5 Å². The molecule has 1 aliphatic heterocycles. The SMILES string of the molecule is CC(C)(C)Oc1ccc(C(=O)C2CCCN(C(=O)c3cccc(F)c3)C2)cc1. The molecule has 4 nitrogen and oxygen atoms in total. The largest absolute Gasteiger partial charge is 0.488 e. The highest BCUT2D eigenvalue weighted by Gasteiger charge is 2.29. The van der Waals surface area contributed by atoms with Crippen molar-refractivity contribution in [2.24, 2.45) is 5.92 Å². The maximum atomic E-state index is 13.4. The number of ketones is 1. The summed E-state index contributed by atoms with van der Waals surface area (Å²) in [6.07, 6.45) is 1.49. The van der Waals surface area contributed by atoms with Crippen LogP contribution in [0.2, 0.25) is 0 Å². The summed E-state index contributed by atoms with van der Waals surface area (Å²) in [4.78, 5) is 27.2. The molecule has 1 amide bonds. The monoisotopic (exact) mass is 383 g/mol. The van der Waals surface area contributed by atoms with E-state index in [1.54, 1.807) is 35.2 Å². The number of hydrogen-bond donors (Lipinski definition) is 0. The van der Waals surface area contributed by atoms with Crippen LogP contribution in [0.3, 0.4) is 0 Å². The van der Waals surface area contributed by atoms with E-state index in [1.165, 1.54) is 18.2 Å². The highest BCUT2D eigenvalue weighted by Crippen LogP contribution is 2.25. The molecule has 28 heavy (non-hydrogen) atoms. The molecule has 1 saturated heterocycles. The van der Waals surface area contributed by atoms with Crippen LogP contribution in [0.15, 0.2) is 48.5 Å². The first-order chi connectivity index (χ1) is 13.2. The van der Waals surface area contributed by atoms with E-state index in [9.17, 15) is 14.0 Å². The van der Waals surface area contributed by atoms with Crippen LogP contribution in [0.25, 0.3) is 0 Å². The maximum absolute atomic E-state index is 13.4. The van der Waals surface area contributed by atoms with Crippen molar-refractivity contribution in [3.63, 3.8) is 0 Å². The molecule has 1 aliphatic rings. The van der Waals surface area contributed by atoms with Gasteiger partial charge in [0, 0.05) is 30.1 Å². The molecule has 148 valence electrons. The predicted molar refractivity (Wildman–Crippen MR) is 106 cm³/mol. The average molecular weight is 383 g/mol. The van der Waals surface area contributed by atoms with E-state index in [0.717, 1.165) is 18.6 Å². The minimum Gasteiger partial charge on any atom is -0.488 e. The second-order valence-electron chi connectivity index (χ2n) is 8.20. The molecular weight excluding hydrogens is 357 g/mol. The van der Waals surface area contributed by atoms with Crippen LogP contribution in [0.4, 0.5) is 4.39 Å². The van der Waals surface area contributed by atoms with Crippen LogP contribution in [0.5, 0.6) is 5.75 Å². The molecule has 0 aliphatic carbocycles. The number of halogens is 1. The Bertz CT molecular complexity index is 855. The molecule has 0 aromatic heterocycles. The van der Waals surface area contributed by atoms with E-state index in [1.807, 2.05) is 20.8 Å². The Morgan fingerprint density at radius 2 is 1.79 bits per heavy atom. The second-order valence-corrected chi connectivity index (χ2v) is 8.20. The van der Waals surface area contributed by atoms with Gasteiger partial charge in [-0.2, -0.15) is 0 Å². The summed E-state index contributed by atoms with van der Waals surface area (Å²) in [7, 11) is 0. The summed E-state index contributed by atoms with van der Waals surface area (Å²) >= 11 is 0. The Hall–Kier alpha value is -2.69. The lowest BCUT2D eigenvalue weighted by atomic mass is 9.89. The van der Waals surface area contributed by atoms with E-state index in [2.05, 4.69) is 0 Å². The normalized spacial score (nSPS) is 17.3. The van der Waals surface area contributed by atoms with Gasteiger partial charge in [0.05, 0.1) is 0 Å². The number of benzene rings is 2. The summed E-state index contributed by atoms with van der Waals surface area (Å²) in [6.45, 7) is 6.85. The molecule has 1 heterocycles. The lowest BCUT2D eigenvalue weighted by molar-refractivity contribution is 0.0636. The lowest BCUT2D eigenvalue weighted by Crippen LogP contribution is -2.42. The first kappa shape index (κ1) is 20.1. The maximum Gasteiger partial charge on any atom is 0.253 e. The zero-order chi connectivity index (χ0) is 20.3. The number of likely N-dealkylation sites (tertiary alicyclic amines) is 1. The van der Waals surface area contributed by atoms with E-state index in [0.29, 0.717) is 24.2 Å². The number of carbonyl (C=O) groups excluding carboxylic acids is 2. The van der Waals surface area contributed by atoms with Gasteiger partial charge in [-0.05, 0) is 76.1 Å². The fraction of sp³-hybridized carbons (Fsp3) is 0.391. The molecule has 1 atom stereocenters. The molecule has 0 radical (unpaired) electrons. The Labute approximate surface area is 165 Å². The first-order valence-corrected chi connectivity index (χ1v) is 9.61. The van der Waals surface area contributed by atoms with Gasteiger partial charge in [-0.15, -0.1) is 0 Å². The number of amides is 1. The second kappa shape index (κ2) is 8.13. The number of piperidine rings is 1. The van der Waals surface area contributed by atoms with Crippen LogP contribution in [0.1, 0.15) is 54.3 Å². The molecule has 2 aromatic rings. The van der Waals surface area contributed by atoms with Gasteiger partial charge in [-0.1, -0.05) is 6.07 Å². The molecular formula is C23H26FNO3. The van der Waals surface area contributed by atoms with Gasteiger partial charge in [0.2, 0.25) is 0 Å². The van der Waals surface area contributed by atoms with Crippen LogP contribution in [-0.2, 0) is 0 Å². The number of ether oxygens (including phenoxy) is 1. The van der Waals surface area contributed by atoms with Crippen molar-refractivity contribution in [3.8, 4) is 5.75 Å². The Balaban J connectivity index is 1.68. The van der Waals surface area contributed by atoms with Crippen LogP contribution in [-0.4, -0.2) is 35.3 Å². The van der Waals surface area contributed by atoms with Gasteiger partial charge in [0.15, 0.2) is 5.78 Å². The highest BCUT2D eigenvalue weighted by atomic mass is 19.1. The van der Waals surface area contributed by atoms with E-state index < -0.39 is 5.82 Å². The number of rotatable bonds is 4. The van der Waals surface area contributed by atoms with Crippen molar-refractivity contribution < 1.29 is 18.7 Å². The summed E-state index contributed by atoms with van der Waals surface area (Å²) in [5.74, 6) is -0.172. The minimum atomic E-state index is -0.437. The lowest BCUT2D eigenvalue weighted by Gasteiger charge is -2.32. The van der Waals surface area contributed by atoms with Gasteiger partial charge >= 0.3 is 0 Å². The zero-order valence-corrected chi connectivity index (χ0v) is 16.6. The van der Waals surface area contributed by atoms with Gasteiger partial charge in [0.25, 0.3) is 5.91 Å². The van der Waals surface area contributed by atoms with Crippen molar-refractivity contribution in [2.45, 2.75) is 39.2 Å². The quantitative estimate of drug-likeness (QED) is 0.717. The highest BCUT2D eigenvalue weighted by molar-refractivity contribution is 5.99. The molecule has 0 saturated carbocycles. The third-order valence-corrected chi connectivity index (χ3v) is 4.71. The predicted octanol–water partition coefficient (Wildman–Crippen LogP) is 4.74. The topological polar surface area (TPSA) is 46.6 Å². The molecule has 0 bridgehead atoms. The van der Waals surface area contributed by atoms with Crippen LogP contribution >= 0.6 is 0 Å². The third-order valence-electron chi connectivity index (χ3n) is 4.71. The third kappa shape index (κ3) is 4.97. The fourth-order valence-electron chi connectivity index (χ4n) is 3.46. The van der Waals surface area contributed by atoms with Gasteiger partial charge < -0.3 is 9.64 Å². The summed E-state index contributed by atoms with van der Waals surface area (Å²) in [5.41, 5.74) is 0.634. The summed E-state index contributed by atoms with van der Waals surface area (Å²) in [5, 5.41) is 0. The molecule has 3 rings (SSSR count). The first-order valence-electron chi connectivity index (χ1n) is 9.61. The molecule has 0 N–H and O–H groups in total. The average Bonchev–Trinajstić information content (AvgIpc) is 2.66. The van der Waals surface area contributed by atoms with Crippen LogP contribution in [0, 0.1) is 11.7 Å². The number of Topliss-reactive ketones (excluding diaryl/α,β-unsaturated/α-hetero) is 1. The Morgan fingerprint density at radius 3 is 2.43 bits per heavy atom.